The van der Waals surface area contributed by atoms with E-state index in [1.54, 1.807) is 6.21 Å². The highest BCUT2D eigenvalue weighted by Crippen LogP contribution is 1.99. The molecule has 1 aromatic rings. The summed E-state index contributed by atoms with van der Waals surface area (Å²) in [6.45, 7) is 2.46. The second-order valence-electron chi connectivity index (χ2n) is 2.54. The predicted molar refractivity (Wildman–Crippen MR) is 54.5 cm³/mol. The van der Waals surface area contributed by atoms with Crippen LogP contribution in [0.4, 0.5) is 0 Å². The summed E-state index contributed by atoms with van der Waals surface area (Å²) >= 11 is 0. The molecule has 0 radical (unpaired) electrons. The number of hydrogen-bond donors (Lipinski definition) is 0. The molecule has 0 atom stereocenters. The van der Waals surface area contributed by atoms with E-state index in [4.69, 9.17) is 4.84 Å². The molecule has 1 rings (SSSR count). The van der Waals surface area contributed by atoms with Gasteiger partial charge in [0.1, 0.15) is 6.61 Å². The molecule has 0 N–H and O–H groups in total. The van der Waals surface area contributed by atoms with Gasteiger partial charge >= 0.3 is 0 Å². The van der Waals surface area contributed by atoms with Crippen molar-refractivity contribution in [2.75, 3.05) is 0 Å². The maximum atomic E-state index is 5.04. The first-order valence-electron chi connectivity index (χ1n) is 4.24. The van der Waals surface area contributed by atoms with Crippen molar-refractivity contribution in [2.24, 2.45) is 5.16 Å². The average molecular weight is 175 g/mol. The quantitative estimate of drug-likeness (QED) is 0.509. The van der Waals surface area contributed by atoms with Gasteiger partial charge in [0.25, 0.3) is 0 Å². The summed E-state index contributed by atoms with van der Waals surface area (Å²) in [5.74, 6) is 0. The first-order chi connectivity index (χ1) is 6.43. The van der Waals surface area contributed by atoms with Gasteiger partial charge in [-0.15, -0.1) is 0 Å². The lowest BCUT2D eigenvalue weighted by atomic mass is 10.2. The molecule has 13 heavy (non-hydrogen) atoms. The SMILES string of the molecule is C/C=C/C=N\OCc1ccccc1. The number of nitrogens with zero attached hydrogens (tertiary/aromatic N) is 1. The van der Waals surface area contributed by atoms with Crippen LogP contribution in [0.3, 0.4) is 0 Å². The maximum absolute atomic E-state index is 5.04. The van der Waals surface area contributed by atoms with E-state index in [2.05, 4.69) is 5.16 Å². The van der Waals surface area contributed by atoms with Crippen LogP contribution in [0.1, 0.15) is 12.5 Å². The Morgan fingerprint density at radius 1 is 1.31 bits per heavy atom. The molecule has 0 saturated carbocycles. The van der Waals surface area contributed by atoms with Crippen LogP contribution in [-0.4, -0.2) is 6.21 Å². The molecule has 1 aromatic carbocycles. The fourth-order valence-electron chi connectivity index (χ4n) is 0.850. The van der Waals surface area contributed by atoms with Gasteiger partial charge in [0.15, 0.2) is 0 Å². The number of allylic oxidation sites excluding steroid dienone is 2. The van der Waals surface area contributed by atoms with Gasteiger partial charge in [-0.3, -0.25) is 0 Å². The standard InChI is InChI=1S/C11H13NO/c1-2-3-9-12-13-10-11-7-5-4-6-8-11/h2-9H,10H2,1H3/b3-2+,12-9-. The zero-order valence-corrected chi connectivity index (χ0v) is 7.68. The summed E-state index contributed by atoms with van der Waals surface area (Å²) in [4.78, 5) is 5.04. The number of rotatable bonds is 4. The van der Waals surface area contributed by atoms with Crippen LogP contribution in [0.15, 0.2) is 47.6 Å². The molecule has 0 unspecified atom stereocenters. The first kappa shape index (κ1) is 9.52. The molecule has 0 aliphatic heterocycles. The molecule has 2 nitrogen and oxygen atoms in total. The van der Waals surface area contributed by atoms with E-state index in [0.717, 1.165) is 5.56 Å². The van der Waals surface area contributed by atoms with E-state index in [9.17, 15) is 0 Å². The number of benzene rings is 1. The summed E-state index contributed by atoms with van der Waals surface area (Å²) < 4.78 is 0. The Kier molecular flexibility index (Phi) is 4.39. The highest BCUT2D eigenvalue weighted by Gasteiger charge is 1.87. The van der Waals surface area contributed by atoms with Crippen LogP contribution >= 0.6 is 0 Å². The molecule has 0 amide bonds. The average Bonchev–Trinajstić information content (AvgIpc) is 2.19. The Morgan fingerprint density at radius 2 is 2.08 bits per heavy atom. The van der Waals surface area contributed by atoms with E-state index in [1.165, 1.54) is 0 Å². The normalized spacial score (nSPS) is 11.2. The molecule has 0 heterocycles. The molecule has 0 aliphatic rings. The van der Waals surface area contributed by atoms with E-state index in [-0.39, 0.29) is 0 Å². The molecule has 0 aromatic heterocycles. The second kappa shape index (κ2) is 6.00. The van der Waals surface area contributed by atoms with E-state index >= 15 is 0 Å². The van der Waals surface area contributed by atoms with E-state index < -0.39 is 0 Å². The molecule has 68 valence electrons. The fraction of sp³-hybridized carbons (Fsp3) is 0.182. The summed E-state index contributed by atoms with van der Waals surface area (Å²) in [5, 5.41) is 3.74. The minimum Gasteiger partial charge on any atom is -0.391 e. The van der Waals surface area contributed by atoms with Gasteiger partial charge in [0.2, 0.25) is 0 Å². The third kappa shape index (κ3) is 4.11. The Balaban J connectivity index is 2.28. The molecule has 0 fully saturated rings. The highest BCUT2D eigenvalue weighted by molar-refractivity contribution is 5.70. The Bertz CT molecular complexity index is 277. The molecule has 2 heteroatoms. The second-order valence-corrected chi connectivity index (χ2v) is 2.54. The molecule has 0 aliphatic carbocycles. The van der Waals surface area contributed by atoms with Crippen LogP contribution in [-0.2, 0) is 11.4 Å². The number of oxime groups is 1. The van der Waals surface area contributed by atoms with Crippen LogP contribution in [0, 0.1) is 0 Å². The minimum absolute atomic E-state index is 0.523. The summed E-state index contributed by atoms with van der Waals surface area (Å²) in [6.07, 6.45) is 5.35. The van der Waals surface area contributed by atoms with Crippen molar-refractivity contribution in [2.45, 2.75) is 13.5 Å². The largest absolute Gasteiger partial charge is 0.391 e. The van der Waals surface area contributed by atoms with Gasteiger partial charge in [0.05, 0.1) is 6.21 Å². The Labute approximate surface area is 78.5 Å². The van der Waals surface area contributed by atoms with Crippen LogP contribution in [0.5, 0.6) is 0 Å². The smallest absolute Gasteiger partial charge is 0.142 e. The van der Waals surface area contributed by atoms with Crippen molar-refractivity contribution in [1.29, 1.82) is 0 Å². The maximum Gasteiger partial charge on any atom is 0.142 e. The summed E-state index contributed by atoms with van der Waals surface area (Å²) in [6, 6.07) is 9.95. The van der Waals surface area contributed by atoms with Crippen molar-refractivity contribution >= 4 is 6.21 Å². The van der Waals surface area contributed by atoms with Gasteiger partial charge < -0.3 is 4.84 Å². The lowest BCUT2D eigenvalue weighted by Crippen LogP contribution is -1.85. The van der Waals surface area contributed by atoms with Gasteiger partial charge in [0, 0.05) is 0 Å². The molecule has 0 spiro atoms. The van der Waals surface area contributed by atoms with Crippen molar-refractivity contribution in [3.05, 3.63) is 48.0 Å². The van der Waals surface area contributed by atoms with Crippen molar-refractivity contribution in [3.63, 3.8) is 0 Å². The fourth-order valence-corrected chi connectivity index (χ4v) is 0.850. The Morgan fingerprint density at radius 3 is 2.77 bits per heavy atom. The van der Waals surface area contributed by atoms with Gasteiger partial charge in [-0.2, -0.15) is 0 Å². The zero-order valence-electron chi connectivity index (χ0n) is 7.68. The molecular formula is C11H13NO. The molecule has 0 saturated heterocycles. The van der Waals surface area contributed by atoms with E-state index in [1.807, 2.05) is 49.4 Å². The van der Waals surface area contributed by atoms with Gasteiger partial charge in [-0.05, 0) is 18.6 Å². The van der Waals surface area contributed by atoms with Crippen LogP contribution < -0.4 is 0 Å². The Hall–Kier alpha value is -1.57. The first-order valence-corrected chi connectivity index (χ1v) is 4.24. The van der Waals surface area contributed by atoms with Crippen molar-refractivity contribution in [3.8, 4) is 0 Å². The lowest BCUT2D eigenvalue weighted by molar-refractivity contribution is 0.132. The van der Waals surface area contributed by atoms with Crippen molar-refractivity contribution in [1.82, 2.24) is 0 Å². The van der Waals surface area contributed by atoms with E-state index in [0.29, 0.717) is 6.61 Å². The summed E-state index contributed by atoms with van der Waals surface area (Å²) in [7, 11) is 0. The van der Waals surface area contributed by atoms with Gasteiger partial charge in [-0.1, -0.05) is 41.6 Å². The van der Waals surface area contributed by atoms with Gasteiger partial charge in [-0.25, -0.2) is 0 Å². The summed E-state index contributed by atoms with van der Waals surface area (Å²) in [5.41, 5.74) is 1.13. The monoisotopic (exact) mass is 175 g/mol. The topological polar surface area (TPSA) is 21.6 Å². The highest BCUT2D eigenvalue weighted by atomic mass is 16.6. The zero-order chi connectivity index (χ0) is 9.36. The lowest BCUT2D eigenvalue weighted by Gasteiger charge is -1.97. The molecule has 0 bridgehead atoms. The molecular weight excluding hydrogens is 162 g/mol. The minimum atomic E-state index is 0.523. The number of hydrogen-bond acceptors (Lipinski definition) is 2. The van der Waals surface area contributed by atoms with Crippen LogP contribution in [0.2, 0.25) is 0 Å². The third-order valence-electron chi connectivity index (χ3n) is 1.49. The van der Waals surface area contributed by atoms with Crippen LogP contribution in [0.25, 0.3) is 0 Å². The predicted octanol–water partition coefficient (Wildman–Crippen LogP) is 2.77. The van der Waals surface area contributed by atoms with Crippen molar-refractivity contribution < 1.29 is 4.84 Å². The third-order valence-corrected chi connectivity index (χ3v) is 1.49.